The maximum atomic E-state index is 12.8. The second-order valence-electron chi connectivity index (χ2n) is 12.7. The Hall–Kier alpha value is -3.85. The van der Waals surface area contributed by atoms with Crippen molar-refractivity contribution in [1.82, 2.24) is 14.5 Å². The molecule has 22 heteroatoms. The van der Waals surface area contributed by atoms with Crippen molar-refractivity contribution >= 4 is 71.9 Å². The van der Waals surface area contributed by atoms with Crippen molar-refractivity contribution in [1.29, 1.82) is 0 Å². The molecule has 61 heavy (non-hydrogen) atoms. The van der Waals surface area contributed by atoms with Crippen molar-refractivity contribution in [2.45, 2.75) is 6.42 Å². The fraction of sp³-hybridized carbons (Fsp3) is 0.308. The van der Waals surface area contributed by atoms with Gasteiger partial charge in [-0.25, -0.2) is 0 Å². The first-order chi connectivity index (χ1) is 29.3. The van der Waals surface area contributed by atoms with E-state index in [-0.39, 0.29) is 19.3 Å². The van der Waals surface area contributed by atoms with Crippen molar-refractivity contribution in [3.63, 3.8) is 0 Å². The summed E-state index contributed by atoms with van der Waals surface area (Å²) in [6, 6.07) is 30.0. The molecule has 0 aliphatic rings. The van der Waals surface area contributed by atoms with Crippen LogP contribution < -0.4 is 18.5 Å². The van der Waals surface area contributed by atoms with Crippen molar-refractivity contribution in [2.24, 2.45) is 15.2 Å². The van der Waals surface area contributed by atoms with Crippen LogP contribution in [0.15, 0.2) is 112 Å². The molecule has 0 amide bonds. The summed E-state index contributed by atoms with van der Waals surface area (Å²) in [5.41, 5.74) is 3.64. The van der Waals surface area contributed by atoms with E-state index >= 15 is 0 Å². The zero-order valence-electron chi connectivity index (χ0n) is 34.9. The van der Waals surface area contributed by atoms with Crippen molar-refractivity contribution < 1.29 is 46.1 Å². The number of hydrogen-bond donors (Lipinski definition) is 1. The molecule has 0 aliphatic heterocycles. The fourth-order valence-electron chi connectivity index (χ4n) is 4.96. The minimum atomic E-state index is -3.40. The molecule has 0 saturated heterocycles. The van der Waals surface area contributed by atoms with Gasteiger partial charge in [0, 0.05) is 27.0 Å². The monoisotopic (exact) mass is 951 g/mol. The second kappa shape index (κ2) is 25.3. The number of ether oxygens (including phenoxy) is 2. The third-order valence-corrected chi connectivity index (χ3v) is 16.0. The van der Waals surface area contributed by atoms with Crippen LogP contribution in [0.5, 0.6) is 23.0 Å². The number of methoxy groups -OCH3 is 1. The lowest BCUT2D eigenvalue weighted by molar-refractivity contribution is 0.204. The van der Waals surface area contributed by atoms with E-state index in [0.29, 0.717) is 30.2 Å². The van der Waals surface area contributed by atoms with E-state index in [4.69, 9.17) is 60.2 Å². The van der Waals surface area contributed by atoms with E-state index in [2.05, 4.69) is 15.2 Å². The predicted octanol–water partition coefficient (Wildman–Crippen LogP) is 8.68. The molecule has 0 saturated carbocycles. The normalized spacial score (nSPS) is 12.6. The Balaban J connectivity index is 1.18. The average Bonchev–Trinajstić information content (AvgIpc) is 3.29. The lowest BCUT2D eigenvalue weighted by atomic mass is 10.1. The zero-order chi connectivity index (χ0) is 44.3. The lowest BCUT2D eigenvalue weighted by Gasteiger charge is -2.26. The standard InChI is InChI=1S/C39H51N6O10P4S2/c1-43(41-27-34-10-16-36(48-3)17-11-34)57(61)55-39-22-14-33(15-23-39)26-40-29-53-37-18-12-35(13-19-37)28-42-44(2)56(60)54-38-20-8-32(9-21-38)24-25-45(30-58(46,49-4)50-5)31-59(47,51-6)52-7/h8-23,26-28,46H,24-25,29-31H2,1-7H3/q+3/b40-26?,41-27-,42-28-. The molecule has 0 bridgehead atoms. The van der Waals surface area contributed by atoms with E-state index < -0.39 is 29.7 Å². The maximum absolute atomic E-state index is 12.8. The third-order valence-electron chi connectivity index (χ3n) is 8.53. The Morgan fingerprint density at radius 1 is 0.672 bits per heavy atom. The van der Waals surface area contributed by atoms with Gasteiger partial charge in [-0.1, -0.05) is 21.7 Å². The Kier molecular flexibility index (Phi) is 20.7. The van der Waals surface area contributed by atoms with Crippen LogP contribution in [0.1, 0.15) is 22.3 Å². The lowest BCUT2D eigenvalue weighted by Crippen LogP contribution is -2.31. The van der Waals surface area contributed by atoms with Gasteiger partial charge >= 0.3 is 29.7 Å². The Labute approximate surface area is 370 Å². The first-order valence-electron chi connectivity index (χ1n) is 18.4. The smallest absolute Gasteiger partial charge is 0.497 e. The van der Waals surface area contributed by atoms with Gasteiger partial charge in [-0.15, -0.1) is 10.2 Å². The van der Waals surface area contributed by atoms with E-state index in [1.165, 1.54) is 28.4 Å². The summed E-state index contributed by atoms with van der Waals surface area (Å²) in [6.45, 7) is 0.562. The molecule has 0 heterocycles. The van der Waals surface area contributed by atoms with Crippen molar-refractivity contribution in [3.8, 4) is 23.0 Å². The number of hydrazone groups is 2. The summed E-state index contributed by atoms with van der Waals surface area (Å²) in [5.74, 6) is 2.68. The number of aliphatic imine (C=N–C) groups is 1. The Morgan fingerprint density at radius 2 is 1.11 bits per heavy atom. The summed E-state index contributed by atoms with van der Waals surface area (Å²) >= 11 is 11.1. The maximum Gasteiger partial charge on any atom is 0.540 e. The molecular formula is C39H51N6O10P4S2+3. The third kappa shape index (κ3) is 17.1. The van der Waals surface area contributed by atoms with E-state index in [1.54, 1.807) is 54.3 Å². The van der Waals surface area contributed by atoms with E-state index in [9.17, 15) is 9.46 Å². The van der Waals surface area contributed by atoms with Crippen LogP contribution in [-0.4, -0.2) is 113 Å². The minimum Gasteiger partial charge on any atom is -0.497 e. The molecule has 0 aliphatic carbocycles. The highest BCUT2D eigenvalue weighted by Crippen LogP contribution is 2.57. The highest BCUT2D eigenvalue weighted by atomic mass is 32.4. The van der Waals surface area contributed by atoms with Gasteiger partial charge in [-0.05, 0) is 114 Å². The van der Waals surface area contributed by atoms with Gasteiger partial charge in [0.15, 0.2) is 24.5 Å². The van der Waals surface area contributed by atoms with Gasteiger partial charge in [0.25, 0.3) is 0 Å². The molecule has 326 valence electrons. The molecule has 2 unspecified atom stereocenters. The van der Waals surface area contributed by atoms with Gasteiger partial charge in [0.05, 0.1) is 47.9 Å². The number of rotatable bonds is 26. The number of hydrogen-bond acceptors (Lipinski definition) is 16. The van der Waals surface area contributed by atoms with Crippen molar-refractivity contribution in [3.05, 3.63) is 119 Å². The number of nitrogens with zero attached hydrogens (tertiary/aromatic N) is 6. The predicted molar refractivity (Wildman–Crippen MR) is 251 cm³/mol. The Morgan fingerprint density at radius 3 is 1.57 bits per heavy atom. The molecule has 0 aromatic heterocycles. The van der Waals surface area contributed by atoms with Crippen LogP contribution in [0, 0.1) is 0 Å². The molecule has 4 aromatic rings. The van der Waals surface area contributed by atoms with E-state index in [1.807, 2.05) is 97.1 Å². The van der Waals surface area contributed by atoms with Crippen molar-refractivity contribution in [2.75, 3.05) is 75.5 Å². The van der Waals surface area contributed by atoms with Crippen LogP contribution >= 0.6 is 29.7 Å². The average molecular weight is 952 g/mol. The molecule has 4 aromatic carbocycles. The summed E-state index contributed by atoms with van der Waals surface area (Å²) in [7, 11) is 1.07. The highest BCUT2D eigenvalue weighted by molar-refractivity contribution is 8.02. The summed E-state index contributed by atoms with van der Waals surface area (Å²) in [5, 5.41) is 8.87. The molecule has 0 radical (unpaired) electrons. The molecule has 0 spiro atoms. The molecule has 1 N–H and O–H groups in total. The molecule has 2 atom stereocenters. The quantitative estimate of drug-likeness (QED) is 0.0362. The highest BCUT2D eigenvalue weighted by Gasteiger charge is 2.42. The van der Waals surface area contributed by atoms with E-state index in [0.717, 1.165) is 28.0 Å². The van der Waals surface area contributed by atoms with Crippen LogP contribution in [0.25, 0.3) is 0 Å². The fourth-order valence-corrected chi connectivity index (χ4v) is 9.24. The molecular weight excluding hydrogens is 900 g/mol. The van der Waals surface area contributed by atoms with Crippen LogP contribution in [0.3, 0.4) is 0 Å². The van der Waals surface area contributed by atoms with Gasteiger partial charge in [-0.2, -0.15) is 13.9 Å². The van der Waals surface area contributed by atoms with Gasteiger partial charge < -0.3 is 18.5 Å². The summed E-state index contributed by atoms with van der Waals surface area (Å²) in [6.07, 6.45) is 5.68. The van der Waals surface area contributed by atoms with Gasteiger partial charge in [-0.3, -0.25) is 23.5 Å². The SMILES string of the molecule is COc1ccc(/C=N\N(C)[P+](=S)Oc2ccc(C=NCOc3ccc(/C=N\N(C)[P+](=S)Oc4ccc(CCN(CP(=O)(OC)OC)C[P+](O)(OC)OC)cc4)cc3)cc2)cc1. The summed E-state index contributed by atoms with van der Waals surface area (Å²) in [4.78, 5) is 16.8. The van der Waals surface area contributed by atoms with Gasteiger partial charge in [0.1, 0.15) is 17.8 Å². The first kappa shape index (κ1) is 49.8. The largest absolute Gasteiger partial charge is 0.540 e. The summed E-state index contributed by atoms with van der Waals surface area (Å²) < 4.78 is 59.6. The number of benzene rings is 4. The molecule has 16 nitrogen and oxygen atoms in total. The van der Waals surface area contributed by atoms with Gasteiger partial charge in [0.2, 0.25) is 23.6 Å². The second-order valence-corrected chi connectivity index (χ2v) is 21.5. The zero-order valence-corrected chi connectivity index (χ0v) is 40.1. The molecule has 0 fully saturated rings. The van der Waals surface area contributed by atoms with Crippen LogP contribution in [0.2, 0.25) is 0 Å². The van der Waals surface area contributed by atoms with Crippen LogP contribution in [0.4, 0.5) is 0 Å². The minimum absolute atomic E-state index is 0.0225. The van der Waals surface area contributed by atoms with Crippen LogP contribution in [-0.2, 0) is 52.7 Å². The topological polar surface area (TPSA) is 158 Å². The molecule has 4 rings (SSSR count). The Bertz CT molecular complexity index is 2130. The first-order valence-corrected chi connectivity index (χ1v) is 26.3.